The van der Waals surface area contributed by atoms with Crippen molar-refractivity contribution < 1.29 is 0 Å². The largest absolute Gasteiger partial charge is 0.363 e. The second-order valence-electron chi connectivity index (χ2n) is 7.03. The third-order valence-electron chi connectivity index (χ3n) is 5.40. The topological polar surface area (TPSA) is 20.5 Å². The van der Waals surface area contributed by atoms with Crippen LogP contribution < -0.4 is 0 Å². The summed E-state index contributed by atoms with van der Waals surface area (Å²) in [4.78, 5) is 8.53. The molecule has 0 amide bonds. The lowest BCUT2D eigenvalue weighted by Gasteiger charge is -2.12. The Morgan fingerprint density at radius 2 is 2.00 bits per heavy atom. The Kier molecular flexibility index (Phi) is 4.83. The maximum absolute atomic E-state index is 4.80. The Bertz CT molecular complexity index is 728. The molecule has 2 heterocycles. The van der Waals surface area contributed by atoms with Crippen molar-refractivity contribution in [1.29, 1.82) is 0 Å². The highest BCUT2D eigenvalue weighted by Gasteiger charge is 2.20. The molecule has 1 saturated carbocycles. The third-order valence-corrected chi connectivity index (χ3v) is 6.42. The third kappa shape index (κ3) is 3.21. The number of fused-ring (bicyclic) bond motifs is 1. The first-order valence-corrected chi connectivity index (χ1v) is 10.3. The van der Waals surface area contributed by atoms with Crippen LogP contribution in [-0.4, -0.2) is 41.2 Å². The van der Waals surface area contributed by atoms with Crippen molar-refractivity contribution in [3.8, 4) is 0 Å². The van der Waals surface area contributed by atoms with Gasteiger partial charge in [-0.15, -0.1) is 11.8 Å². The number of amidine groups is 1. The van der Waals surface area contributed by atoms with E-state index in [1.165, 1.54) is 60.3 Å². The standard InChI is InChI=1S/C20H27N3S/c1-22-13-6-11-20(22)21-12-14-24-19-15-23(16-7-2-3-8-16)18-10-5-4-9-17(18)19/h4-5,9-10,15-16H,2-3,6-8,11-14H2,1H3/b21-20+. The van der Waals surface area contributed by atoms with E-state index in [9.17, 15) is 0 Å². The van der Waals surface area contributed by atoms with E-state index in [1.54, 1.807) is 0 Å². The van der Waals surface area contributed by atoms with Gasteiger partial charge in [-0.25, -0.2) is 0 Å². The highest BCUT2D eigenvalue weighted by atomic mass is 32.2. The molecule has 0 N–H and O–H groups in total. The van der Waals surface area contributed by atoms with E-state index in [-0.39, 0.29) is 0 Å². The van der Waals surface area contributed by atoms with Crippen LogP contribution in [0, 0.1) is 0 Å². The quantitative estimate of drug-likeness (QED) is 0.565. The number of hydrogen-bond donors (Lipinski definition) is 0. The van der Waals surface area contributed by atoms with Crippen LogP contribution in [0.25, 0.3) is 10.9 Å². The normalized spacial score (nSPS) is 20.7. The van der Waals surface area contributed by atoms with Crippen LogP contribution >= 0.6 is 11.8 Å². The average Bonchev–Trinajstić information content (AvgIpc) is 3.32. The van der Waals surface area contributed by atoms with Gasteiger partial charge >= 0.3 is 0 Å². The van der Waals surface area contributed by atoms with Crippen LogP contribution in [0.5, 0.6) is 0 Å². The highest BCUT2D eigenvalue weighted by molar-refractivity contribution is 7.99. The van der Waals surface area contributed by atoms with Gasteiger partial charge < -0.3 is 9.47 Å². The van der Waals surface area contributed by atoms with Gasteiger partial charge in [0.15, 0.2) is 0 Å². The summed E-state index contributed by atoms with van der Waals surface area (Å²) >= 11 is 1.97. The summed E-state index contributed by atoms with van der Waals surface area (Å²) in [6.07, 6.45) is 10.3. The van der Waals surface area contributed by atoms with Gasteiger partial charge in [-0.1, -0.05) is 31.0 Å². The fourth-order valence-electron chi connectivity index (χ4n) is 4.10. The molecule has 0 unspecified atom stereocenters. The maximum atomic E-state index is 4.80. The van der Waals surface area contributed by atoms with Gasteiger partial charge in [-0.3, -0.25) is 4.99 Å². The molecule has 24 heavy (non-hydrogen) atoms. The van der Waals surface area contributed by atoms with Gasteiger partial charge in [0.1, 0.15) is 0 Å². The van der Waals surface area contributed by atoms with Gasteiger partial charge in [0.25, 0.3) is 0 Å². The Hall–Kier alpha value is -1.42. The minimum Gasteiger partial charge on any atom is -0.363 e. The van der Waals surface area contributed by atoms with E-state index in [4.69, 9.17) is 4.99 Å². The predicted octanol–water partition coefficient (Wildman–Crippen LogP) is 4.97. The van der Waals surface area contributed by atoms with Crippen molar-refractivity contribution in [2.75, 3.05) is 25.9 Å². The molecular formula is C20H27N3S. The summed E-state index contributed by atoms with van der Waals surface area (Å²) in [5.41, 5.74) is 1.41. The molecule has 2 fully saturated rings. The number of aromatic nitrogens is 1. The summed E-state index contributed by atoms with van der Waals surface area (Å²) in [5.74, 6) is 2.36. The van der Waals surface area contributed by atoms with Crippen molar-refractivity contribution in [3.63, 3.8) is 0 Å². The van der Waals surface area contributed by atoms with Gasteiger partial charge in [0.05, 0.1) is 12.4 Å². The summed E-state index contributed by atoms with van der Waals surface area (Å²) in [6, 6.07) is 9.60. The lowest BCUT2D eigenvalue weighted by Crippen LogP contribution is -2.19. The lowest BCUT2D eigenvalue weighted by atomic mass is 10.2. The highest BCUT2D eigenvalue weighted by Crippen LogP contribution is 2.37. The fourth-order valence-corrected chi connectivity index (χ4v) is 5.02. The molecule has 4 rings (SSSR count). The van der Waals surface area contributed by atoms with Crippen LogP contribution in [-0.2, 0) is 0 Å². The van der Waals surface area contributed by atoms with Crippen molar-refractivity contribution in [2.45, 2.75) is 49.5 Å². The first kappa shape index (κ1) is 16.1. The number of hydrogen-bond acceptors (Lipinski definition) is 2. The minimum absolute atomic E-state index is 0.705. The first-order valence-electron chi connectivity index (χ1n) is 9.30. The summed E-state index contributed by atoms with van der Waals surface area (Å²) < 4.78 is 2.54. The van der Waals surface area contributed by atoms with Crippen molar-refractivity contribution in [3.05, 3.63) is 30.5 Å². The van der Waals surface area contributed by atoms with Crippen LogP contribution in [0.15, 0.2) is 40.4 Å². The number of aliphatic imine (C=N–C) groups is 1. The SMILES string of the molecule is CN1CCC/C1=N\CCSc1cn(C2CCCC2)c2ccccc12. The molecule has 3 nitrogen and oxygen atoms in total. The first-order chi connectivity index (χ1) is 11.8. The van der Waals surface area contributed by atoms with E-state index in [0.29, 0.717) is 6.04 Å². The zero-order valence-electron chi connectivity index (χ0n) is 14.6. The monoisotopic (exact) mass is 341 g/mol. The molecule has 0 spiro atoms. The Labute approximate surface area is 149 Å². The molecule has 2 aromatic rings. The molecule has 1 aliphatic heterocycles. The number of rotatable bonds is 5. The molecule has 4 heteroatoms. The molecule has 1 aromatic carbocycles. The summed E-state index contributed by atoms with van der Waals surface area (Å²) in [5, 5.41) is 1.42. The maximum Gasteiger partial charge on any atom is 0.0987 e. The number of nitrogens with zero attached hydrogens (tertiary/aromatic N) is 3. The summed E-state index contributed by atoms with van der Waals surface area (Å²) in [6.45, 7) is 2.09. The molecule has 0 atom stereocenters. The number of thioether (sulfide) groups is 1. The van der Waals surface area contributed by atoms with Gasteiger partial charge in [0.2, 0.25) is 0 Å². The Balaban J connectivity index is 1.47. The van der Waals surface area contributed by atoms with Crippen molar-refractivity contribution >= 4 is 28.5 Å². The second-order valence-corrected chi connectivity index (χ2v) is 8.16. The molecule has 128 valence electrons. The van der Waals surface area contributed by atoms with Crippen LogP contribution in [0.4, 0.5) is 0 Å². The molecular weight excluding hydrogens is 314 g/mol. The van der Waals surface area contributed by atoms with E-state index in [1.807, 2.05) is 11.8 Å². The molecule has 1 aromatic heterocycles. The van der Waals surface area contributed by atoms with Gasteiger partial charge in [0, 0.05) is 53.8 Å². The summed E-state index contributed by atoms with van der Waals surface area (Å²) in [7, 11) is 2.16. The fraction of sp³-hybridized carbons (Fsp3) is 0.550. The predicted molar refractivity (Wildman–Crippen MR) is 104 cm³/mol. The zero-order valence-corrected chi connectivity index (χ0v) is 15.4. The van der Waals surface area contributed by atoms with E-state index in [0.717, 1.165) is 18.7 Å². The Morgan fingerprint density at radius 1 is 1.17 bits per heavy atom. The van der Waals surface area contributed by atoms with E-state index >= 15 is 0 Å². The van der Waals surface area contributed by atoms with Gasteiger partial charge in [-0.05, 0) is 25.3 Å². The second kappa shape index (κ2) is 7.22. The van der Waals surface area contributed by atoms with Crippen molar-refractivity contribution in [1.82, 2.24) is 9.47 Å². The smallest absolute Gasteiger partial charge is 0.0987 e. The lowest BCUT2D eigenvalue weighted by molar-refractivity contribution is 0.533. The minimum atomic E-state index is 0.705. The average molecular weight is 342 g/mol. The zero-order chi connectivity index (χ0) is 16.4. The molecule has 2 aliphatic rings. The number of likely N-dealkylation sites (tertiary alicyclic amines) is 1. The van der Waals surface area contributed by atoms with Crippen molar-refractivity contribution in [2.24, 2.45) is 4.99 Å². The Morgan fingerprint density at radius 3 is 2.79 bits per heavy atom. The van der Waals surface area contributed by atoms with Crippen LogP contribution in [0.3, 0.4) is 0 Å². The van der Waals surface area contributed by atoms with Gasteiger partial charge in [-0.2, -0.15) is 0 Å². The number of para-hydroxylation sites is 1. The molecule has 0 radical (unpaired) electrons. The molecule has 1 aliphatic carbocycles. The van der Waals surface area contributed by atoms with Crippen LogP contribution in [0.2, 0.25) is 0 Å². The van der Waals surface area contributed by atoms with Crippen LogP contribution in [0.1, 0.15) is 44.6 Å². The van der Waals surface area contributed by atoms with E-state index < -0.39 is 0 Å². The molecule has 1 saturated heterocycles. The number of benzene rings is 1. The van der Waals surface area contributed by atoms with E-state index in [2.05, 4.69) is 47.0 Å². The molecule has 0 bridgehead atoms.